The molecule has 2 aromatic rings. The first kappa shape index (κ1) is 19.5. The van der Waals surface area contributed by atoms with Crippen LogP contribution in [0.15, 0.2) is 51.9 Å². The Morgan fingerprint density at radius 3 is 2.78 bits per heavy atom. The zero-order chi connectivity index (χ0) is 19.4. The fourth-order valence-corrected chi connectivity index (χ4v) is 3.35. The normalized spacial score (nSPS) is 16.1. The van der Waals surface area contributed by atoms with Crippen molar-refractivity contribution < 1.29 is 14.7 Å². The number of nitrogens with zero attached hydrogens (tertiary/aromatic N) is 1. The molecule has 8 heteroatoms. The van der Waals surface area contributed by atoms with E-state index in [1.807, 2.05) is 30.3 Å². The van der Waals surface area contributed by atoms with Gasteiger partial charge in [-0.05, 0) is 37.2 Å². The smallest absolute Gasteiger partial charge is 0.303 e. The zero-order valence-electron chi connectivity index (χ0n) is 14.2. The molecule has 0 aliphatic carbocycles. The van der Waals surface area contributed by atoms with E-state index >= 15 is 0 Å². The molecule has 0 spiro atoms. The Bertz CT molecular complexity index is 917. The Morgan fingerprint density at radius 2 is 2.04 bits per heavy atom. The molecule has 3 N–H and O–H groups in total. The minimum Gasteiger partial charge on any atom is -0.481 e. The largest absolute Gasteiger partial charge is 0.481 e. The number of fused-ring (bicyclic) bond motifs is 1. The number of carboxylic acid groups (broad SMARTS) is 1. The van der Waals surface area contributed by atoms with Crippen molar-refractivity contribution in [1.82, 2.24) is 5.32 Å². The first-order valence-corrected chi connectivity index (χ1v) is 9.51. The summed E-state index contributed by atoms with van der Waals surface area (Å²) in [5, 5.41) is 15.2. The Morgan fingerprint density at radius 1 is 1.26 bits per heavy atom. The summed E-state index contributed by atoms with van der Waals surface area (Å²) in [7, 11) is 0. The fraction of sp³-hybridized carbons (Fsp3) is 0.211. The van der Waals surface area contributed by atoms with E-state index in [-0.39, 0.29) is 12.3 Å². The van der Waals surface area contributed by atoms with Crippen LogP contribution in [0.5, 0.6) is 0 Å². The van der Waals surface area contributed by atoms with Crippen molar-refractivity contribution in [3.05, 3.63) is 63.1 Å². The summed E-state index contributed by atoms with van der Waals surface area (Å²) in [4.78, 5) is 27.9. The number of anilines is 1. The number of aliphatic carboxylic acids is 1. The molecule has 0 saturated carbocycles. The van der Waals surface area contributed by atoms with Crippen LogP contribution in [0.2, 0.25) is 5.02 Å². The van der Waals surface area contributed by atoms with Gasteiger partial charge in [-0.3, -0.25) is 19.9 Å². The number of aliphatic imine (C=N–C) groups is 1. The van der Waals surface area contributed by atoms with E-state index in [0.29, 0.717) is 35.0 Å². The monoisotopic (exact) mass is 449 g/mol. The molecule has 0 radical (unpaired) electrons. The number of hydrogen-bond acceptors (Lipinski definition) is 4. The molecule has 1 amide bonds. The third-order valence-corrected chi connectivity index (χ3v) is 4.86. The van der Waals surface area contributed by atoms with Crippen LogP contribution in [-0.2, 0) is 9.59 Å². The molecule has 140 valence electrons. The lowest BCUT2D eigenvalue weighted by atomic mass is 10.0. The maximum atomic E-state index is 12.6. The minimum absolute atomic E-state index is 0.0234. The number of benzodiazepines with no additional fused rings is 1. The van der Waals surface area contributed by atoms with Crippen LogP contribution in [-0.4, -0.2) is 35.4 Å². The van der Waals surface area contributed by atoms with E-state index in [2.05, 4.69) is 31.6 Å². The van der Waals surface area contributed by atoms with Crippen LogP contribution in [0.4, 0.5) is 5.69 Å². The topological polar surface area (TPSA) is 90.8 Å². The lowest BCUT2D eigenvalue weighted by Crippen LogP contribution is -2.39. The van der Waals surface area contributed by atoms with Crippen LogP contribution in [0.1, 0.15) is 24.0 Å². The number of benzene rings is 2. The number of hydrogen-bond donors (Lipinski definition) is 3. The van der Waals surface area contributed by atoms with Crippen LogP contribution in [0.3, 0.4) is 0 Å². The molecule has 1 aliphatic rings. The molecule has 2 aromatic carbocycles. The number of amides is 1. The van der Waals surface area contributed by atoms with Gasteiger partial charge in [-0.15, -0.1) is 0 Å². The van der Waals surface area contributed by atoms with Gasteiger partial charge in [0.05, 0.1) is 11.4 Å². The van der Waals surface area contributed by atoms with Gasteiger partial charge in [-0.25, -0.2) is 0 Å². The SMILES string of the molecule is O=C(O)CCCNC1N=C(c2ccccc2Cl)c2cc(Br)ccc2NC1=O. The van der Waals surface area contributed by atoms with Gasteiger partial charge in [-0.2, -0.15) is 0 Å². The summed E-state index contributed by atoms with van der Waals surface area (Å²) < 4.78 is 0.850. The highest BCUT2D eigenvalue weighted by Gasteiger charge is 2.26. The summed E-state index contributed by atoms with van der Waals surface area (Å²) in [6, 6.07) is 12.8. The first-order chi connectivity index (χ1) is 13.0. The maximum Gasteiger partial charge on any atom is 0.303 e. The van der Waals surface area contributed by atoms with E-state index in [4.69, 9.17) is 16.7 Å². The van der Waals surface area contributed by atoms with E-state index in [0.717, 1.165) is 10.0 Å². The molecule has 0 bridgehead atoms. The summed E-state index contributed by atoms with van der Waals surface area (Å²) in [5.41, 5.74) is 2.69. The van der Waals surface area contributed by atoms with Gasteiger partial charge in [0.25, 0.3) is 5.91 Å². The van der Waals surface area contributed by atoms with E-state index in [1.165, 1.54) is 0 Å². The fourth-order valence-electron chi connectivity index (χ4n) is 2.76. The quantitative estimate of drug-likeness (QED) is 0.586. The number of carbonyl (C=O) groups is 2. The number of nitrogens with one attached hydrogen (secondary N) is 2. The highest BCUT2D eigenvalue weighted by atomic mass is 79.9. The number of rotatable bonds is 6. The van der Waals surface area contributed by atoms with Gasteiger partial charge < -0.3 is 10.4 Å². The Balaban J connectivity index is 1.99. The third kappa shape index (κ3) is 4.74. The van der Waals surface area contributed by atoms with Gasteiger partial charge in [0.2, 0.25) is 0 Å². The zero-order valence-corrected chi connectivity index (χ0v) is 16.5. The van der Waals surface area contributed by atoms with Crippen molar-refractivity contribution in [1.29, 1.82) is 0 Å². The summed E-state index contributed by atoms with van der Waals surface area (Å²) in [6.45, 7) is 0.351. The number of halogens is 2. The van der Waals surface area contributed by atoms with Gasteiger partial charge >= 0.3 is 5.97 Å². The minimum atomic E-state index is -0.875. The van der Waals surface area contributed by atoms with E-state index < -0.39 is 12.1 Å². The van der Waals surface area contributed by atoms with Crippen LogP contribution in [0.25, 0.3) is 0 Å². The molecule has 6 nitrogen and oxygen atoms in total. The lowest BCUT2D eigenvalue weighted by Gasteiger charge is -2.13. The van der Waals surface area contributed by atoms with Gasteiger partial charge in [0, 0.05) is 27.0 Å². The van der Waals surface area contributed by atoms with Crippen molar-refractivity contribution in [2.75, 3.05) is 11.9 Å². The summed E-state index contributed by atoms with van der Waals surface area (Å²) >= 11 is 9.84. The molecule has 1 unspecified atom stereocenters. The third-order valence-electron chi connectivity index (χ3n) is 4.04. The van der Waals surface area contributed by atoms with Crippen LogP contribution >= 0.6 is 27.5 Å². The molecular formula is C19H17BrClN3O3. The summed E-state index contributed by atoms with van der Waals surface area (Å²) in [5.74, 6) is -1.18. The van der Waals surface area contributed by atoms with Crippen LogP contribution < -0.4 is 10.6 Å². The molecule has 1 atom stereocenters. The van der Waals surface area contributed by atoms with Crippen molar-refractivity contribution in [3.8, 4) is 0 Å². The number of carboxylic acids is 1. The molecule has 1 aliphatic heterocycles. The first-order valence-electron chi connectivity index (χ1n) is 8.34. The Kier molecular flexibility index (Phi) is 6.26. The van der Waals surface area contributed by atoms with Crippen LogP contribution in [0, 0.1) is 0 Å². The standard InChI is InChI=1S/C19H17BrClN3O3/c20-11-7-8-15-13(10-11)17(12-4-1-2-5-14(12)21)24-18(19(27)23-15)22-9-3-6-16(25)26/h1-2,4-5,7-8,10,18,22H,3,6,9H2,(H,23,27)(H,25,26). The van der Waals surface area contributed by atoms with Crippen molar-refractivity contribution in [2.45, 2.75) is 19.0 Å². The summed E-state index contributed by atoms with van der Waals surface area (Å²) in [6.07, 6.45) is -0.430. The second-order valence-corrected chi connectivity index (χ2v) is 7.31. The van der Waals surface area contributed by atoms with Gasteiger partial charge in [-0.1, -0.05) is 45.7 Å². The molecule has 0 aromatic heterocycles. The highest BCUT2D eigenvalue weighted by Crippen LogP contribution is 2.29. The molecule has 3 rings (SSSR count). The van der Waals surface area contributed by atoms with Gasteiger partial charge in [0.15, 0.2) is 6.17 Å². The number of carbonyl (C=O) groups excluding carboxylic acids is 1. The Labute approximate surface area is 169 Å². The van der Waals surface area contributed by atoms with E-state index in [1.54, 1.807) is 12.1 Å². The van der Waals surface area contributed by atoms with E-state index in [9.17, 15) is 9.59 Å². The van der Waals surface area contributed by atoms with Crippen molar-refractivity contribution in [3.63, 3.8) is 0 Å². The predicted molar refractivity (Wildman–Crippen MR) is 109 cm³/mol. The Hall–Kier alpha value is -2.22. The molecule has 0 fully saturated rings. The van der Waals surface area contributed by atoms with Gasteiger partial charge in [0.1, 0.15) is 0 Å². The average Bonchev–Trinajstić information content (AvgIpc) is 2.76. The molecule has 1 heterocycles. The maximum absolute atomic E-state index is 12.6. The van der Waals surface area contributed by atoms with Crippen molar-refractivity contribution >= 4 is 50.8 Å². The second-order valence-electron chi connectivity index (χ2n) is 5.99. The predicted octanol–water partition coefficient (Wildman–Crippen LogP) is 3.67. The highest BCUT2D eigenvalue weighted by molar-refractivity contribution is 9.10. The lowest BCUT2D eigenvalue weighted by molar-refractivity contribution is -0.137. The average molecular weight is 451 g/mol. The molecule has 0 saturated heterocycles. The molecular weight excluding hydrogens is 434 g/mol. The second kappa shape index (κ2) is 8.65. The van der Waals surface area contributed by atoms with Crippen molar-refractivity contribution in [2.24, 2.45) is 4.99 Å². The molecule has 27 heavy (non-hydrogen) atoms.